The second kappa shape index (κ2) is 10.0. The number of thiocarbonyl (C=S) groups is 1. The van der Waals surface area contributed by atoms with E-state index in [1.807, 2.05) is 0 Å². The molecule has 0 atom stereocenters. The molecule has 1 N–H and O–H groups in total. The van der Waals surface area contributed by atoms with Crippen molar-refractivity contribution in [1.29, 1.82) is 0 Å². The monoisotopic (exact) mass is 454 g/mol. The summed E-state index contributed by atoms with van der Waals surface area (Å²) in [5.41, 5.74) is 3.61. The molecule has 0 bridgehead atoms. The van der Waals surface area contributed by atoms with E-state index in [0.717, 1.165) is 16.8 Å². The van der Waals surface area contributed by atoms with E-state index in [4.69, 9.17) is 32.9 Å². The van der Waals surface area contributed by atoms with Crippen molar-refractivity contribution in [3.8, 4) is 29.6 Å². The topological polar surface area (TPSA) is 77.1 Å². The lowest BCUT2D eigenvalue weighted by Crippen LogP contribution is -2.44. The lowest BCUT2D eigenvalue weighted by atomic mass is 10.2. The Morgan fingerprint density at radius 2 is 1.94 bits per heavy atom. The third kappa shape index (κ3) is 5.17. The highest BCUT2D eigenvalue weighted by atomic mass is 32.2. The first kappa shape index (κ1) is 22.2. The average molecular weight is 455 g/mol. The minimum atomic E-state index is -0.461. The number of terminal acetylenes is 1. The number of methoxy groups -OCH3 is 2. The van der Waals surface area contributed by atoms with Crippen LogP contribution in [0.3, 0.4) is 0 Å². The summed E-state index contributed by atoms with van der Waals surface area (Å²) in [6.07, 6.45) is 6.87. The summed E-state index contributed by atoms with van der Waals surface area (Å²) in [4.78, 5) is 25.6. The molecule has 0 unspecified atom stereocenters. The molecule has 31 heavy (non-hydrogen) atoms. The number of nitrogens with zero attached hydrogens (tertiary/aromatic N) is 1. The number of nitrogens with one attached hydrogen (secondary N) is 1. The van der Waals surface area contributed by atoms with Gasteiger partial charge in [0, 0.05) is 5.56 Å². The number of hydrazine groups is 1. The highest BCUT2D eigenvalue weighted by Gasteiger charge is 2.33. The molecule has 2 aromatic carbocycles. The minimum absolute atomic E-state index is 0.113. The molecule has 9 heteroatoms. The number of carbonyl (C=O) groups is 2. The molecule has 2 amide bonds. The van der Waals surface area contributed by atoms with E-state index < -0.39 is 11.8 Å². The van der Waals surface area contributed by atoms with Crippen LogP contribution in [-0.4, -0.2) is 42.0 Å². The van der Waals surface area contributed by atoms with E-state index in [2.05, 4.69) is 11.3 Å². The van der Waals surface area contributed by atoms with Crippen LogP contribution in [0, 0.1) is 12.3 Å². The second-order valence-corrected chi connectivity index (χ2v) is 7.77. The molecule has 0 saturated carbocycles. The van der Waals surface area contributed by atoms with Crippen LogP contribution in [0.2, 0.25) is 0 Å². The number of ether oxygens (including phenoxy) is 3. The highest BCUT2D eigenvalue weighted by molar-refractivity contribution is 8.26. The van der Waals surface area contributed by atoms with Gasteiger partial charge in [-0.2, -0.15) is 5.01 Å². The number of rotatable bonds is 7. The average Bonchev–Trinajstić information content (AvgIpc) is 3.05. The zero-order valence-electron chi connectivity index (χ0n) is 16.7. The van der Waals surface area contributed by atoms with E-state index in [1.54, 1.807) is 48.5 Å². The Kier molecular flexibility index (Phi) is 7.18. The van der Waals surface area contributed by atoms with Gasteiger partial charge in [-0.15, -0.1) is 6.42 Å². The van der Waals surface area contributed by atoms with Gasteiger partial charge < -0.3 is 14.2 Å². The van der Waals surface area contributed by atoms with Crippen molar-refractivity contribution in [2.75, 3.05) is 20.8 Å². The fraction of sp³-hybridized carbons (Fsp3) is 0.136. The van der Waals surface area contributed by atoms with Crippen molar-refractivity contribution in [3.63, 3.8) is 0 Å². The van der Waals surface area contributed by atoms with Crippen molar-refractivity contribution in [1.82, 2.24) is 10.4 Å². The van der Waals surface area contributed by atoms with Crippen LogP contribution >= 0.6 is 24.0 Å². The van der Waals surface area contributed by atoms with Crippen LogP contribution in [0.15, 0.2) is 47.4 Å². The quantitative estimate of drug-likeness (QED) is 0.391. The Bertz CT molecular complexity index is 1090. The lowest BCUT2D eigenvalue weighted by Gasteiger charge is -2.15. The number of amides is 2. The molecule has 7 nitrogen and oxygen atoms in total. The van der Waals surface area contributed by atoms with Crippen LogP contribution in [0.5, 0.6) is 17.2 Å². The molecule has 1 saturated heterocycles. The molecule has 2 aromatic rings. The zero-order chi connectivity index (χ0) is 22.4. The van der Waals surface area contributed by atoms with Gasteiger partial charge in [0.1, 0.15) is 12.4 Å². The molecule has 0 aromatic heterocycles. The summed E-state index contributed by atoms with van der Waals surface area (Å²) in [5, 5.41) is 1.06. The van der Waals surface area contributed by atoms with Crippen molar-refractivity contribution in [2.45, 2.75) is 0 Å². The second-order valence-electron chi connectivity index (χ2n) is 6.09. The maximum Gasteiger partial charge on any atom is 0.285 e. The molecule has 0 spiro atoms. The first-order valence-corrected chi connectivity index (χ1v) is 10.2. The van der Waals surface area contributed by atoms with Gasteiger partial charge >= 0.3 is 0 Å². The first-order valence-electron chi connectivity index (χ1n) is 8.94. The molecule has 1 aliphatic heterocycles. The number of carbonyl (C=O) groups excluding carboxylic acids is 2. The fourth-order valence-corrected chi connectivity index (χ4v) is 3.82. The number of benzene rings is 2. The van der Waals surface area contributed by atoms with Crippen LogP contribution in [0.4, 0.5) is 0 Å². The van der Waals surface area contributed by atoms with E-state index in [0.29, 0.717) is 33.3 Å². The van der Waals surface area contributed by atoms with Crippen LogP contribution in [0.1, 0.15) is 15.9 Å². The Balaban J connectivity index is 1.75. The molecule has 1 aliphatic rings. The summed E-state index contributed by atoms with van der Waals surface area (Å²) >= 11 is 6.35. The van der Waals surface area contributed by atoms with Gasteiger partial charge in [-0.3, -0.25) is 15.0 Å². The van der Waals surface area contributed by atoms with E-state index in [9.17, 15) is 9.59 Å². The molecule has 1 fully saturated rings. The summed E-state index contributed by atoms with van der Waals surface area (Å²) < 4.78 is 16.0. The fourth-order valence-electron chi connectivity index (χ4n) is 2.64. The number of hydrogen-bond acceptors (Lipinski definition) is 7. The van der Waals surface area contributed by atoms with Crippen molar-refractivity contribution < 1.29 is 23.8 Å². The predicted molar refractivity (Wildman–Crippen MR) is 123 cm³/mol. The van der Waals surface area contributed by atoms with Crippen molar-refractivity contribution in [2.24, 2.45) is 0 Å². The van der Waals surface area contributed by atoms with Gasteiger partial charge in [-0.05, 0) is 60.3 Å². The molecule has 3 rings (SSSR count). The summed E-state index contributed by atoms with van der Waals surface area (Å²) in [7, 11) is 3.05. The van der Waals surface area contributed by atoms with Gasteiger partial charge in [-0.1, -0.05) is 23.7 Å². The van der Waals surface area contributed by atoms with Crippen LogP contribution in [-0.2, 0) is 4.79 Å². The maximum atomic E-state index is 12.8. The molecular formula is C22H18N2O5S2. The van der Waals surface area contributed by atoms with Crippen LogP contribution < -0.4 is 19.6 Å². The predicted octanol–water partition coefficient (Wildman–Crippen LogP) is 3.26. The summed E-state index contributed by atoms with van der Waals surface area (Å²) in [5.74, 6) is 3.10. The molecule has 158 valence electrons. The normalized spacial score (nSPS) is 14.4. The molecular weight excluding hydrogens is 436 g/mol. The van der Waals surface area contributed by atoms with Gasteiger partial charge in [0.25, 0.3) is 11.8 Å². The Morgan fingerprint density at radius 3 is 2.58 bits per heavy atom. The Morgan fingerprint density at radius 1 is 1.19 bits per heavy atom. The third-order valence-electron chi connectivity index (χ3n) is 4.16. The van der Waals surface area contributed by atoms with Gasteiger partial charge in [0.2, 0.25) is 0 Å². The smallest absolute Gasteiger partial charge is 0.285 e. The summed E-state index contributed by atoms with van der Waals surface area (Å²) in [6, 6.07) is 11.7. The lowest BCUT2D eigenvalue weighted by molar-refractivity contribution is -0.123. The van der Waals surface area contributed by atoms with Gasteiger partial charge in [-0.25, -0.2) is 0 Å². The van der Waals surface area contributed by atoms with Gasteiger partial charge in [0.15, 0.2) is 15.8 Å². The van der Waals surface area contributed by atoms with E-state index in [1.165, 1.54) is 14.2 Å². The highest BCUT2D eigenvalue weighted by Crippen LogP contribution is 2.34. The van der Waals surface area contributed by atoms with Gasteiger partial charge in [0.05, 0.1) is 19.1 Å². The van der Waals surface area contributed by atoms with Crippen LogP contribution in [0.25, 0.3) is 6.08 Å². The minimum Gasteiger partial charge on any atom is -0.497 e. The largest absolute Gasteiger partial charge is 0.497 e. The zero-order valence-corrected chi connectivity index (χ0v) is 18.3. The number of hydrogen-bond donors (Lipinski definition) is 1. The Labute approximate surface area is 189 Å². The first-order chi connectivity index (χ1) is 15.0. The summed E-state index contributed by atoms with van der Waals surface area (Å²) in [6.45, 7) is 0.113. The number of thioether (sulfide) groups is 1. The van der Waals surface area contributed by atoms with Crippen molar-refractivity contribution in [3.05, 3.63) is 58.5 Å². The van der Waals surface area contributed by atoms with E-state index >= 15 is 0 Å². The third-order valence-corrected chi connectivity index (χ3v) is 5.46. The van der Waals surface area contributed by atoms with E-state index in [-0.39, 0.29) is 10.9 Å². The molecule has 1 heterocycles. The molecule has 0 aliphatic carbocycles. The Hall–Kier alpha value is -3.48. The maximum absolute atomic E-state index is 12.8. The standard InChI is InChI=1S/C22H18N2O5S2/c1-4-11-29-17-10-5-14(12-18(17)28-3)13-19-21(26)24(22(30)31-19)23-20(25)15-6-8-16(27-2)9-7-15/h1,5-10,12-13H,11H2,2-3H3,(H,23,25)/b19-13-. The molecule has 0 radical (unpaired) electrons. The SMILES string of the molecule is C#CCOc1ccc(/C=C2\SC(=S)N(NC(=O)c3ccc(OC)cc3)C2=O)cc1OC. The van der Waals surface area contributed by atoms with Crippen molar-refractivity contribution >= 4 is 46.2 Å².